The van der Waals surface area contributed by atoms with Crippen LogP contribution in [0.1, 0.15) is 208 Å². The van der Waals surface area contributed by atoms with Gasteiger partial charge < -0.3 is 74.4 Å². The summed E-state index contributed by atoms with van der Waals surface area (Å²) >= 11 is 0. The number of likely N-dealkylation sites (tertiary alicyclic amines) is 4. The van der Waals surface area contributed by atoms with E-state index in [0.29, 0.717) is 102 Å². The fourth-order valence-electron chi connectivity index (χ4n) is 12.2. The zero-order valence-corrected chi connectivity index (χ0v) is 67.3. The van der Waals surface area contributed by atoms with Crippen molar-refractivity contribution in [2.24, 2.45) is 22.5 Å². The van der Waals surface area contributed by atoms with Crippen LogP contribution >= 0.6 is 20.0 Å². The summed E-state index contributed by atoms with van der Waals surface area (Å²) in [5.74, 6) is 7.74. The Kier molecular flexibility index (Phi) is 41.9. The third-order valence-electron chi connectivity index (χ3n) is 17.3. The van der Waals surface area contributed by atoms with Crippen LogP contribution in [0.3, 0.4) is 0 Å². The Bertz CT molecular complexity index is 2680. The van der Waals surface area contributed by atoms with Crippen LogP contribution in [0.2, 0.25) is 0 Å². The average molecular weight is 1480 g/mol. The molecule has 3 spiro atoms. The van der Waals surface area contributed by atoms with E-state index in [4.69, 9.17) is 18.9 Å². The first kappa shape index (κ1) is 95.1. The molecule has 2 atom stereocenters. The number of piperidine rings is 5. The van der Waals surface area contributed by atoms with Crippen molar-refractivity contribution < 1.29 is 121 Å². The maximum atomic E-state index is 12.1. The molecule has 8 aliphatic rings. The van der Waals surface area contributed by atoms with Gasteiger partial charge in [-0.2, -0.15) is 0 Å². The Balaban J connectivity index is 0. The van der Waals surface area contributed by atoms with E-state index in [0.717, 1.165) is 82.9 Å². The first-order chi connectivity index (χ1) is 45.6. The number of nitrogens with zero attached hydrogens (tertiary/aromatic N) is 4. The smallest absolute Gasteiger partial charge is 1.00 e. The molecule has 8 aliphatic heterocycles. The second-order valence-corrected chi connectivity index (χ2v) is 32.0. The Hall–Kier alpha value is -4.88. The number of nitrogens with one attached hydrogen (secondary N) is 5. The fraction of sp³-hybridized carbons (Fsp3) is 0.821. The number of hydrogen-bond acceptors (Lipinski definition) is 23. The number of nitrogens with two attached hydrogens (primary N) is 2. The van der Waals surface area contributed by atoms with E-state index in [2.05, 4.69) is 70.9 Å². The molecule has 2 unspecified atom stereocenters. The summed E-state index contributed by atoms with van der Waals surface area (Å²) in [5.41, 5.74) is 5.02. The van der Waals surface area contributed by atoms with Crippen molar-refractivity contribution in [1.29, 1.82) is 0 Å². The molecular weight excluding hydrogens is 1350 g/mol. The van der Waals surface area contributed by atoms with Crippen LogP contribution in [0, 0.1) is 10.8 Å². The second kappa shape index (κ2) is 44.0. The molecule has 0 saturated carbocycles. The predicted octanol–water partition coefficient (Wildman–Crippen LogP) is 5.22. The number of carbonyl (C=O) groups excluding carboxylic acids is 10. The van der Waals surface area contributed by atoms with Gasteiger partial charge in [-0.1, -0.05) is 32.3 Å². The molecule has 7 amide bonds. The molecule has 0 aromatic rings. The van der Waals surface area contributed by atoms with Gasteiger partial charge in [0.05, 0.1) is 14.2 Å². The maximum Gasteiger partial charge on any atom is 1.00 e. The van der Waals surface area contributed by atoms with Gasteiger partial charge in [-0.3, -0.25) is 45.6 Å². The molecule has 30 nitrogen and oxygen atoms in total. The molecule has 0 radical (unpaired) electrons. The zero-order valence-electron chi connectivity index (χ0n) is 64.6. The SMILES string of the molecule is CC(C)(C)OC(=O)N1CCC(=O)CC1.CC(C)(C)OC(=O)N1CCC2(CC1)CC(=O)NN2.CCCC1NC(=O)CC12CCN(C(=O)OC(C)(C)C)CC2.CCCC1NC(=O)CC12CCNCC2.COC(=O)C=C1CCN(C(=O)OC(C)(C)C)CC1.COC(=O)CP(=O)(OC)OC.Cl.NN.[H-].[Na+]. The average Bonchev–Trinajstić information content (AvgIpc) is 1.66. The first-order valence-electron chi connectivity index (χ1n) is 34.3. The molecule has 8 rings (SSSR count). The van der Waals surface area contributed by atoms with E-state index < -0.39 is 36.0 Å². The number of ketones is 1. The number of esters is 2. The normalized spacial score (nSPS) is 20.5. The number of halogens is 1. The molecule has 33 heteroatoms. The number of ether oxygens (including phenoxy) is 6. The second-order valence-electron chi connectivity index (χ2n) is 29.7. The van der Waals surface area contributed by atoms with Gasteiger partial charge in [0.1, 0.15) is 34.3 Å². The number of hydrogen-bond donors (Lipinski definition) is 7. The van der Waals surface area contributed by atoms with Gasteiger partial charge in [0.15, 0.2) is 0 Å². The van der Waals surface area contributed by atoms with E-state index in [1.807, 2.05) is 83.1 Å². The molecule has 100 heavy (non-hydrogen) atoms. The Morgan fingerprint density at radius 2 is 0.880 bits per heavy atom. The van der Waals surface area contributed by atoms with Crippen LogP contribution in [0.4, 0.5) is 19.2 Å². The van der Waals surface area contributed by atoms with Gasteiger partial charge in [0, 0.05) is 133 Å². The van der Waals surface area contributed by atoms with Crippen LogP contribution in [-0.4, -0.2) is 219 Å². The molecule has 0 aliphatic carbocycles. The van der Waals surface area contributed by atoms with E-state index in [9.17, 15) is 52.5 Å². The quantitative estimate of drug-likeness (QED) is 0.0296. The van der Waals surface area contributed by atoms with Crippen molar-refractivity contribution in [3.8, 4) is 0 Å². The van der Waals surface area contributed by atoms with Gasteiger partial charge >= 0.3 is 73.5 Å². The third-order valence-corrected chi connectivity index (χ3v) is 19.1. The van der Waals surface area contributed by atoms with Crippen LogP contribution in [0.15, 0.2) is 11.6 Å². The first-order valence-corrected chi connectivity index (χ1v) is 36.0. The number of rotatable bonds is 9. The maximum absolute atomic E-state index is 12.1. The fourth-order valence-corrected chi connectivity index (χ4v) is 13.0. The Morgan fingerprint density at radius 3 is 1.20 bits per heavy atom. The molecule has 0 aromatic heterocycles. The number of carbonyl (C=O) groups is 10. The van der Waals surface area contributed by atoms with Crippen molar-refractivity contribution in [3.05, 3.63) is 11.6 Å². The number of Topliss-reactive ketones (excluding diaryl/α,β-unsaturated/α-hetero) is 1. The minimum atomic E-state index is -3.23. The molecule has 9 N–H and O–H groups in total. The van der Waals surface area contributed by atoms with E-state index >= 15 is 0 Å². The number of methoxy groups -OCH3 is 2. The van der Waals surface area contributed by atoms with Crippen LogP contribution in [0.25, 0.3) is 0 Å². The Labute approximate surface area is 624 Å². The van der Waals surface area contributed by atoms with Crippen LogP contribution in [-0.2, 0) is 70.8 Å². The van der Waals surface area contributed by atoms with Crippen LogP contribution < -0.4 is 68.0 Å². The molecule has 574 valence electrons. The summed E-state index contributed by atoms with van der Waals surface area (Å²) in [4.78, 5) is 121. The van der Waals surface area contributed by atoms with Gasteiger partial charge in [-0.05, 0) is 160 Å². The molecule has 0 bridgehead atoms. The van der Waals surface area contributed by atoms with Gasteiger partial charge in [0.2, 0.25) is 17.7 Å². The van der Waals surface area contributed by atoms with Gasteiger partial charge in [0.25, 0.3) is 0 Å². The number of amides is 7. The standard InChI is InChI=1S/C16H28N2O3.C13H21NO4.C12H21N3O3.C11H20N2O.C10H17NO3.C5H11O5P.ClH.H4N2.Na.H/c1-5-6-12-16(11-13(19)17-12)7-9-18(10-8-16)14(20)21-15(2,3)4;1-13(2,3)18-12(16)14-7-5-10(6-8-14)9-11(15)17-4;1-11(2,3)18-10(17)15-6-4-12(5-7-15)8-9(16)13-14-12;1-2-3-9-11(8-10(14)13-9)4-6-12-7-5-11;1-10(2,3)14-9(13)11-6-4-8(12)5-7-11;1-8-5(6)4-11(7,9-2)10-3;;1-2;;/h12H,5-11H2,1-4H3,(H,17,19);9H,5-8H2,1-4H3;14H,4-8H2,1-3H3,(H,13,16);9,12H,2-8H2,1H3,(H,13,14);4-7H2,1-3H3;4H2,1-3H3;1H;1-2H2;;/q;;;;;;;;+1;-1. The Morgan fingerprint density at radius 1 is 0.530 bits per heavy atom. The van der Waals surface area contributed by atoms with Crippen molar-refractivity contribution in [1.82, 2.24) is 46.4 Å². The van der Waals surface area contributed by atoms with Crippen molar-refractivity contribution in [3.63, 3.8) is 0 Å². The van der Waals surface area contributed by atoms with E-state index in [-0.39, 0.29) is 120 Å². The van der Waals surface area contributed by atoms with Crippen molar-refractivity contribution in [2.45, 2.75) is 246 Å². The predicted molar refractivity (Wildman–Crippen MR) is 377 cm³/mol. The topological polar surface area (TPSA) is 387 Å². The van der Waals surface area contributed by atoms with Gasteiger partial charge in [-0.25, -0.2) is 29.4 Å². The monoisotopic (exact) mass is 1480 g/mol. The van der Waals surface area contributed by atoms with E-state index in [1.54, 1.807) is 19.6 Å². The number of hydrazine groups is 2. The van der Waals surface area contributed by atoms with E-state index in [1.165, 1.54) is 40.9 Å². The molecule has 8 saturated heterocycles. The minimum absolute atomic E-state index is 0. The third kappa shape index (κ3) is 34.6. The van der Waals surface area contributed by atoms with Crippen molar-refractivity contribution in [2.75, 3.05) is 100 Å². The van der Waals surface area contributed by atoms with Gasteiger partial charge in [-0.15, -0.1) is 12.4 Å². The van der Waals surface area contributed by atoms with Crippen LogP contribution in [0.5, 0.6) is 0 Å². The van der Waals surface area contributed by atoms with Crippen molar-refractivity contribution >= 4 is 79.8 Å². The molecule has 8 fully saturated rings. The zero-order chi connectivity index (χ0) is 74.5. The summed E-state index contributed by atoms with van der Waals surface area (Å²) in [6.45, 7) is 33.5. The molecule has 8 heterocycles. The minimum Gasteiger partial charge on any atom is -1.00 e. The summed E-state index contributed by atoms with van der Waals surface area (Å²) in [5, 5.41) is 9.65. The largest absolute Gasteiger partial charge is 1.00 e. The summed E-state index contributed by atoms with van der Waals surface area (Å²) in [6, 6.07) is 0.720. The summed E-state index contributed by atoms with van der Waals surface area (Å²) < 4.78 is 50.2. The summed E-state index contributed by atoms with van der Waals surface area (Å²) in [7, 11) is 1.77. The molecular formula is C67H124ClN11NaO19P. The molecule has 0 aromatic carbocycles. The summed E-state index contributed by atoms with van der Waals surface area (Å²) in [6.07, 6.45) is 14.2.